The Kier molecular flexibility index (Phi) is 3.69. The first kappa shape index (κ1) is 14.4. The summed E-state index contributed by atoms with van der Waals surface area (Å²) in [6.07, 6.45) is 2.67. The highest BCUT2D eigenvalue weighted by Crippen LogP contribution is 2.41. The molecule has 1 spiro atoms. The highest BCUT2D eigenvalue weighted by atomic mass is 19.2. The zero-order valence-corrected chi connectivity index (χ0v) is 12.2. The minimum atomic E-state index is -0.809. The van der Waals surface area contributed by atoms with E-state index in [1.807, 2.05) is 11.9 Å². The van der Waals surface area contributed by atoms with Crippen LogP contribution in [-0.4, -0.2) is 42.4 Å². The fourth-order valence-corrected chi connectivity index (χ4v) is 3.49. The molecule has 21 heavy (non-hydrogen) atoms. The number of rotatable bonds is 2. The highest BCUT2D eigenvalue weighted by molar-refractivity contribution is 5.84. The molecule has 0 radical (unpaired) electrons. The van der Waals surface area contributed by atoms with Crippen molar-refractivity contribution in [3.8, 4) is 0 Å². The number of benzene rings is 1. The number of halogens is 2. The van der Waals surface area contributed by atoms with E-state index in [0.29, 0.717) is 6.54 Å². The summed E-state index contributed by atoms with van der Waals surface area (Å²) in [7, 11) is 1.87. The molecule has 1 amide bonds. The fraction of sp³-hybridized carbons (Fsp3) is 0.562. The van der Waals surface area contributed by atoms with Crippen LogP contribution in [0.15, 0.2) is 18.2 Å². The normalized spacial score (nSPS) is 22.2. The lowest BCUT2D eigenvalue weighted by Gasteiger charge is -2.37. The van der Waals surface area contributed by atoms with Crippen LogP contribution in [0.5, 0.6) is 0 Å². The van der Waals surface area contributed by atoms with E-state index in [-0.39, 0.29) is 11.3 Å². The van der Waals surface area contributed by atoms with Crippen LogP contribution in [0.3, 0.4) is 0 Å². The minimum Gasteiger partial charge on any atom is -0.345 e. The zero-order valence-electron chi connectivity index (χ0n) is 12.2. The molecule has 0 atom stereocenters. The summed E-state index contributed by atoms with van der Waals surface area (Å²) >= 11 is 0. The fourth-order valence-electron chi connectivity index (χ4n) is 3.49. The van der Waals surface area contributed by atoms with Gasteiger partial charge in [0.05, 0.1) is 5.41 Å². The van der Waals surface area contributed by atoms with E-state index in [1.54, 1.807) is 6.07 Å². The van der Waals surface area contributed by atoms with Gasteiger partial charge in [-0.1, -0.05) is 6.07 Å². The van der Waals surface area contributed by atoms with Crippen molar-refractivity contribution < 1.29 is 13.6 Å². The summed E-state index contributed by atoms with van der Waals surface area (Å²) in [6, 6.07) is 4.05. The van der Waals surface area contributed by atoms with E-state index in [4.69, 9.17) is 0 Å². The molecule has 3 rings (SSSR count). The Morgan fingerprint density at radius 3 is 2.33 bits per heavy atom. The monoisotopic (exact) mass is 294 g/mol. The third kappa shape index (κ3) is 2.67. The van der Waals surface area contributed by atoms with Gasteiger partial charge >= 0.3 is 0 Å². The summed E-state index contributed by atoms with van der Waals surface area (Å²) < 4.78 is 26.2. The number of hydrogen-bond donors (Lipinski definition) is 0. The third-order valence-electron chi connectivity index (χ3n) is 4.93. The minimum absolute atomic E-state index is 0.167. The van der Waals surface area contributed by atoms with Gasteiger partial charge in [0.15, 0.2) is 11.6 Å². The number of piperidine rings is 1. The van der Waals surface area contributed by atoms with E-state index in [0.717, 1.165) is 44.5 Å². The van der Waals surface area contributed by atoms with Crippen LogP contribution >= 0.6 is 0 Å². The standard InChI is InChI=1S/C16H20F2N2O/c1-19-7-4-16(15(19)21)5-8-20(9-6-16)11-12-2-3-13(17)14(18)10-12/h2-3,10H,4-9,11H2,1H3. The van der Waals surface area contributed by atoms with Gasteiger partial charge in [-0.15, -0.1) is 0 Å². The molecule has 0 unspecified atom stereocenters. The molecule has 2 heterocycles. The third-order valence-corrected chi connectivity index (χ3v) is 4.93. The van der Waals surface area contributed by atoms with Crippen molar-refractivity contribution in [2.24, 2.45) is 5.41 Å². The molecule has 5 heteroatoms. The van der Waals surface area contributed by atoms with Crippen LogP contribution in [0.25, 0.3) is 0 Å². The molecular weight excluding hydrogens is 274 g/mol. The van der Waals surface area contributed by atoms with Gasteiger partial charge < -0.3 is 4.90 Å². The van der Waals surface area contributed by atoms with Crippen molar-refractivity contribution in [1.82, 2.24) is 9.80 Å². The first-order valence-corrected chi connectivity index (χ1v) is 7.42. The lowest BCUT2D eigenvalue weighted by Crippen LogP contribution is -2.43. The number of likely N-dealkylation sites (tertiary alicyclic amines) is 2. The van der Waals surface area contributed by atoms with Crippen LogP contribution in [0.2, 0.25) is 0 Å². The Bertz CT molecular complexity index is 553. The molecule has 2 saturated heterocycles. The smallest absolute Gasteiger partial charge is 0.228 e. The Labute approximate surface area is 123 Å². The first-order valence-electron chi connectivity index (χ1n) is 7.42. The van der Waals surface area contributed by atoms with Crippen LogP contribution < -0.4 is 0 Å². The molecule has 1 aromatic carbocycles. The lowest BCUT2D eigenvalue weighted by atomic mass is 9.77. The summed E-state index contributed by atoms with van der Waals surface area (Å²) in [5.74, 6) is -1.33. The van der Waals surface area contributed by atoms with Crippen molar-refractivity contribution in [2.45, 2.75) is 25.8 Å². The molecule has 2 aliphatic rings. The van der Waals surface area contributed by atoms with E-state index in [9.17, 15) is 13.6 Å². The van der Waals surface area contributed by atoms with E-state index >= 15 is 0 Å². The Hall–Kier alpha value is -1.49. The summed E-state index contributed by atoms with van der Waals surface area (Å²) in [5, 5.41) is 0. The van der Waals surface area contributed by atoms with Gasteiger partial charge in [-0.05, 0) is 50.0 Å². The maximum atomic E-state index is 13.2. The summed E-state index contributed by atoms with van der Waals surface area (Å²) in [5.41, 5.74) is 0.610. The molecule has 2 fully saturated rings. The SMILES string of the molecule is CN1CCC2(CCN(Cc3ccc(F)c(F)c3)CC2)C1=O. The van der Waals surface area contributed by atoms with Crippen LogP contribution in [-0.2, 0) is 11.3 Å². The number of amides is 1. The van der Waals surface area contributed by atoms with Gasteiger partial charge in [-0.3, -0.25) is 9.69 Å². The molecule has 1 aromatic rings. The maximum absolute atomic E-state index is 13.2. The Balaban J connectivity index is 1.61. The molecule has 0 aromatic heterocycles. The van der Waals surface area contributed by atoms with Crippen LogP contribution in [0.4, 0.5) is 8.78 Å². The lowest BCUT2D eigenvalue weighted by molar-refractivity contribution is -0.137. The van der Waals surface area contributed by atoms with Crippen molar-refractivity contribution in [3.63, 3.8) is 0 Å². The number of carbonyl (C=O) groups is 1. The quantitative estimate of drug-likeness (QED) is 0.836. The molecular formula is C16H20F2N2O. The molecule has 114 valence electrons. The maximum Gasteiger partial charge on any atom is 0.228 e. The van der Waals surface area contributed by atoms with E-state index < -0.39 is 11.6 Å². The van der Waals surface area contributed by atoms with Gasteiger partial charge in [0.2, 0.25) is 5.91 Å². The van der Waals surface area contributed by atoms with Gasteiger partial charge in [-0.2, -0.15) is 0 Å². The van der Waals surface area contributed by atoms with E-state index in [2.05, 4.69) is 4.90 Å². The molecule has 0 N–H and O–H groups in total. The Morgan fingerprint density at radius 1 is 1.10 bits per heavy atom. The number of carbonyl (C=O) groups excluding carboxylic acids is 1. The summed E-state index contributed by atoms with van der Waals surface area (Å²) in [4.78, 5) is 16.3. The van der Waals surface area contributed by atoms with Crippen LogP contribution in [0, 0.1) is 17.0 Å². The number of nitrogens with zero attached hydrogens (tertiary/aromatic N) is 2. The van der Waals surface area contributed by atoms with Crippen molar-refractivity contribution >= 4 is 5.91 Å². The summed E-state index contributed by atoms with van der Waals surface area (Å²) in [6.45, 7) is 3.12. The van der Waals surface area contributed by atoms with Crippen molar-refractivity contribution in [1.29, 1.82) is 0 Å². The second-order valence-electron chi connectivity index (χ2n) is 6.28. The van der Waals surface area contributed by atoms with Gasteiger partial charge in [0.25, 0.3) is 0 Å². The molecule has 3 nitrogen and oxygen atoms in total. The average Bonchev–Trinajstić information content (AvgIpc) is 2.75. The first-order chi connectivity index (χ1) is 10.00. The molecule has 2 aliphatic heterocycles. The predicted molar refractivity (Wildman–Crippen MR) is 75.6 cm³/mol. The predicted octanol–water partition coefficient (Wildman–Crippen LogP) is 2.41. The number of hydrogen-bond acceptors (Lipinski definition) is 2. The van der Waals surface area contributed by atoms with E-state index in [1.165, 1.54) is 12.1 Å². The largest absolute Gasteiger partial charge is 0.345 e. The highest BCUT2D eigenvalue weighted by Gasteiger charge is 2.46. The van der Waals surface area contributed by atoms with Crippen molar-refractivity contribution in [3.05, 3.63) is 35.4 Å². The van der Waals surface area contributed by atoms with Gasteiger partial charge in [0.1, 0.15) is 0 Å². The molecule has 0 aliphatic carbocycles. The van der Waals surface area contributed by atoms with Gasteiger partial charge in [-0.25, -0.2) is 8.78 Å². The second kappa shape index (κ2) is 5.37. The molecule has 0 bridgehead atoms. The topological polar surface area (TPSA) is 23.6 Å². The average molecular weight is 294 g/mol. The van der Waals surface area contributed by atoms with Crippen molar-refractivity contribution in [2.75, 3.05) is 26.7 Å². The molecule has 0 saturated carbocycles. The van der Waals surface area contributed by atoms with Gasteiger partial charge in [0, 0.05) is 20.1 Å². The van der Waals surface area contributed by atoms with Crippen LogP contribution in [0.1, 0.15) is 24.8 Å². The Morgan fingerprint density at radius 2 is 1.76 bits per heavy atom. The second-order valence-corrected chi connectivity index (χ2v) is 6.28. The zero-order chi connectivity index (χ0) is 15.0.